The number of carbonyl (C=O) groups is 2. The first kappa shape index (κ1) is 24.5. The standard InChI is InChI=1S/C30H25N3O6/c1-15-13-29(3,4)33-24-19(15)11-18(38-26(34)17-8-6-5-7-9-17)12-20(24)30(28(33)36)21(14-31)25(32)39-22-10-16(2)37-27(35)23(22)30/h5-12,15H,13,32H2,1-4H3/t15-,30+/m0/s1. The summed E-state index contributed by atoms with van der Waals surface area (Å²) in [5, 5.41) is 10.3. The van der Waals surface area contributed by atoms with Gasteiger partial charge in [-0.3, -0.25) is 4.79 Å². The number of amides is 1. The number of nitriles is 1. The highest BCUT2D eigenvalue weighted by atomic mass is 16.5. The highest BCUT2D eigenvalue weighted by Gasteiger charge is 2.64. The van der Waals surface area contributed by atoms with E-state index in [2.05, 4.69) is 0 Å². The molecule has 9 heteroatoms. The van der Waals surface area contributed by atoms with Gasteiger partial charge < -0.3 is 24.5 Å². The molecule has 2 N–H and O–H groups in total. The van der Waals surface area contributed by atoms with Crippen LogP contribution in [-0.4, -0.2) is 17.4 Å². The van der Waals surface area contributed by atoms with Gasteiger partial charge >= 0.3 is 11.6 Å². The molecule has 3 aliphatic rings. The van der Waals surface area contributed by atoms with Crippen LogP contribution in [0.2, 0.25) is 0 Å². The number of nitrogens with two attached hydrogens (primary N) is 1. The Morgan fingerprint density at radius 2 is 1.90 bits per heavy atom. The van der Waals surface area contributed by atoms with Crippen LogP contribution in [0.25, 0.3) is 0 Å². The van der Waals surface area contributed by atoms with Gasteiger partial charge in [-0.2, -0.15) is 5.26 Å². The summed E-state index contributed by atoms with van der Waals surface area (Å²) in [4.78, 5) is 42.8. The predicted molar refractivity (Wildman–Crippen MR) is 140 cm³/mol. The molecule has 0 saturated heterocycles. The van der Waals surface area contributed by atoms with E-state index in [1.165, 1.54) is 6.07 Å². The average molecular weight is 524 g/mol. The summed E-state index contributed by atoms with van der Waals surface area (Å²) in [5.74, 6) is -0.937. The highest BCUT2D eigenvalue weighted by Crippen LogP contribution is 2.61. The summed E-state index contributed by atoms with van der Waals surface area (Å²) in [6.07, 6.45) is 0.588. The minimum Gasteiger partial charge on any atom is -0.440 e. The maximum Gasteiger partial charge on any atom is 0.344 e. The van der Waals surface area contributed by atoms with Gasteiger partial charge in [0.1, 0.15) is 34.5 Å². The average Bonchev–Trinajstić information content (AvgIpc) is 3.12. The first-order valence-electron chi connectivity index (χ1n) is 12.5. The van der Waals surface area contributed by atoms with E-state index in [-0.39, 0.29) is 40.2 Å². The molecule has 39 heavy (non-hydrogen) atoms. The molecule has 1 aromatic heterocycles. The molecule has 0 aliphatic carbocycles. The number of hydrogen-bond acceptors (Lipinski definition) is 8. The number of esters is 1. The third-order valence-corrected chi connectivity index (χ3v) is 7.79. The molecular weight excluding hydrogens is 498 g/mol. The van der Waals surface area contributed by atoms with Gasteiger partial charge in [0.15, 0.2) is 5.41 Å². The molecule has 196 valence electrons. The van der Waals surface area contributed by atoms with Gasteiger partial charge in [-0.25, -0.2) is 9.59 Å². The van der Waals surface area contributed by atoms with Crippen LogP contribution in [-0.2, 0) is 10.2 Å². The summed E-state index contributed by atoms with van der Waals surface area (Å²) in [6.45, 7) is 7.48. The van der Waals surface area contributed by atoms with Crippen LogP contribution in [0, 0.1) is 18.3 Å². The molecule has 1 spiro atoms. The molecule has 1 amide bonds. The van der Waals surface area contributed by atoms with Crippen molar-refractivity contribution in [2.24, 2.45) is 5.73 Å². The Morgan fingerprint density at radius 3 is 2.59 bits per heavy atom. The molecule has 0 bridgehead atoms. The fourth-order valence-electron chi connectivity index (χ4n) is 6.36. The summed E-state index contributed by atoms with van der Waals surface area (Å²) >= 11 is 0. The second kappa shape index (κ2) is 8.08. The van der Waals surface area contributed by atoms with Crippen molar-refractivity contribution in [1.29, 1.82) is 5.26 Å². The largest absolute Gasteiger partial charge is 0.440 e. The van der Waals surface area contributed by atoms with E-state index in [0.29, 0.717) is 23.2 Å². The number of fused-ring (bicyclic) bond motifs is 3. The molecule has 0 fully saturated rings. The topological polar surface area (TPSA) is 136 Å². The third kappa shape index (κ3) is 3.21. The summed E-state index contributed by atoms with van der Waals surface area (Å²) < 4.78 is 16.9. The lowest BCUT2D eigenvalue weighted by Gasteiger charge is -2.44. The second-order valence-corrected chi connectivity index (χ2v) is 10.8. The van der Waals surface area contributed by atoms with Crippen molar-refractivity contribution in [3.8, 4) is 17.6 Å². The monoisotopic (exact) mass is 523 g/mol. The van der Waals surface area contributed by atoms with E-state index in [1.807, 2.05) is 26.8 Å². The maximum atomic E-state index is 14.7. The van der Waals surface area contributed by atoms with Crippen LogP contribution in [0.15, 0.2) is 69.2 Å². The minimum absolute atomic E-state index is 0.0380. The Hall–Kier alpha value is -4.84. The van der Waals surface area contributed by atoms with Gasteiger partial charge in [0.25, 0.3) is 0 Å². The number of carbonyl (C=O) groups excluding carboxylic acids is 2. The van der Waals surface area contributed by atoms with Gasteiger partial charge in [-0.05, 0) is 62.9 Å². The number of benzene rings is 2. The van der Waals surface area contributed by atoms with Crippen molar-refractivity contribution in [2.45, 2.75) is 51.0 Å². The Bertz CT molecular complexity index is 1730. The molecule has 3 aliphatic heterocycles. The summed E-state index contributed by atoms with van der Waals surface area (Å²) in [7, 11) is 0. The van der Waals surface area contributed by atoms with Gasteiger partial charge in [0, 0.05) is 17.2 Å². The number of ether oxygens (including phenoxy) is 2. The van der Waals surface area contributed by atoms with Crippen molar-refractivity contribution in [2.75, 3.05) is 4.90 Å². The quantitative estimate of drug-likeness (QED) is 0.390. The lowest BCUT2D eigenvalue weighted by Crippen LogP contribution is -2.55. The molecule has 6 rings (SSSR count). The summed E-state index contributed by atoms with van der Waals surface area (Å²) in [5.41, 5.74) is 4.48. The van der Waals surface area contributed by atoms with Crippen molar-refractivity contribution >= 4 is 17.6 Å². The molecule has 4 heterocycles. The van der Waals surface area contributed by atoms with Gasteiger partial charge in [-0.1, -0.05) is 25.1 Å². The highest BCUT2D eigenvalue weighted by molar-refractivity contribution is 6.16. The first-order valence-corrected chi connectivity index (χ1v) is 12.5. The van der Waals surface area contributed by atoms with Gasteiger partial charge in [0.2, 0.25) is 11.8 Å². The van der Waals surface area contributed by atoms with Crippen molar-refractivity contribution in [1.82, 2.24) is 0 Å². The fraction of sp³-hybridized carbons (Fsp3) is 0.267. The van der Waals surface area contributed by atoms with Crippen LogP contribution >= 0.6 is 0 Å². The molecule has 2 atom stereocenters. The molecule has 2 aromatic carbocycles. The van der Waals surface area contributed by atoms with E-state index in [9.17, 15) is 19.6 Å². The minimum atomic E-state index is -1.94. The fourth-order valence-corrected chi connectivity index (χ4v) is 6.36. The molecule has 3 aromatic rings. The third-order valence-electron chi connectivity index (χ3n) is 7.79. The first-order chi connectivity index (χ1) is 18.5. The number of rotatable bonds is 2. The van der Waals surface area contributed by atoms with E-state index in [4.69, 9.17) is 19.6 Å². The number of aryl methyl sites for hydroxylation is 1. The van der Waals surface area contributed by atoms with Crippen molar-refractivity contribution in [3.63, 3.8) is 0 Å². The van der Waals surface area contributed by atoms with Gasteiger partial charge in [0.05, 0.1) is 11.3 Å². The van der Waals surface area contributed by atoms with Crippen LogP contribution in [0.3, 0.4) is 0 Å². The van der Waals surface area contributed by atoms with Crippen LogP contribution < -0.4 is 25.7 Å². The van der Waals surface area contributed by atoms with E-state index in [0.717, 1.165) is 5.56 Å². The number of hydrogen-bond donors (Lipinski definition) is 1. The SMILES string of the molecule is Cc1cc2c(c(=O)o1)[C@]1(C(=O)N3c4c(cc(OC(=O)c5ccccc5)cc41)[C@@H](C)CC3(C)C)C(C#N)=C(N)O2. The molecule has 9 nitrogen and oxygen atoms in total. The smallest absolute Gasteiger partial charge is 0.344 e. The Morgan fingerprint density at radius 1 is 1.18 bits per heavy atom. The molecule has 0 saturated carbocycles. The van der Waals surface area contributed by atoms with E-state index < -0.39 is 28.5 Å². The predicted octanol–water partition coefficient (Wildman–Crippen LogP) is 4.17. The zero-order chi connectivity index (χ0) is 27.9. The molecular formula is C30H25N3O6. The normalized spacial score (nSPS) is 22.2. The van der Waals surface area contributed by atoms with Crippen LogP contribution in [0.4, 0.5) is 5.69 Å². The molecule has 0 radical (unpaired) electrons. The van der Waals surface area contributed by atoms with Crippen molar-refractivity contribution in [3.05, 3.63) is 98.4 Å². The van der Waals surface area contributed by atoms with E-state index >= 15 is 0 Å². The Balaban J connectivity index is 1.70. The lowest BCUT2D eigenvalue weighted by atomic mass is 9.69. The van der Waals surface area contributed by atoms with Gasteiger partial charge in [-0.15, -0.1) is 0 Å². The zero-order valence-electron chi connectivity index (χ0n) is 21.8. The Kier molecular flexibility index (Phi) is 5.07. The number of nitrogens with zero attached hydrogens (tertiary/aromatic N) is 2. The van der Waals surface area contributed by atoms with Crippen LogP contribution in [0.5, 0.6) is 11.5 Å². The second-order valence-electron chi connectivity index (χ2n) is 10.8. The molecule has 0 unspecified atom stereocenters. The van der Waals surface area contributed by atoms with Crippen LogP contribution in [0.1, 0.15) is 65.9 Å². The van der Waals surface area contributed by atoms with E-state index in [1.54, 1.807) is 54.3 Å². The Labute approximate surface area is 224 Å². The maximum absolute atomic E-state index is 14.7. The zero-order valence-corrected chi connectivity index (χ0v) is 21.8. The summed E-state index contributed by atoms with van der Waals surface area (Å²) in [6, 6.07) is 15.3. The number of anilines is 1. The van der Waals surface area contributed by atoms with Crippen molar-refractivity contribution < 1.29 is 23.5 Å². The lowest BCUT2D eigenvalue weighted by molar-refractivity contribution is -0.122.